The number of hydrogen-bond acceptors (Lipinski definition) is 3. The van der Waals surface area contributed by atoms with Gasteiger partial charge in [-0.1, -0.05) is 6.92 Å². The van der Waals surface area contributed by atoms with E-state index in [9.17, 15) is 8.42 Å². The molecule has 2 atom stereocenters. The van der Waals surface area contributed by atoms with Crippen molar-refractivity contribution in [2.75, 3.05) is 18.6 Å². The summed E-state index contributed by atoms with van der Waals surface area (Å²) in [6.07, 6.45) is 2.94. The molecule has 0 bridgehead atoms. The molecular weight excluding hydrogens is 186 g/mol. The molecule has 1 N–H and O–H groups in total. The average molecular weight is 205 g/mol. The predicted octanol–water partition coefficient (Wildman–Crippen LogP) is 0.809. The normalized spacial score (nSPS) is 28.9. The van der Waals surface area contributed by atoms with Crippen molar-refractivity contribution < 1.29 is 8.42 Å². The first-order chi connectivity index (χ1) is 6.07. The van der Waals surface area contributed by atoms with Crippen LogP contribution in [0, 0.1) is 5.92 Å². The Morgan fingerprint density at radius 3 is 2.62 bits per heavy atom. The van der Waals surface area contributed by atoms with Gasteiger partial charge < -0.3 is 5.32 Å². The molecule has 0 aromatic carbocycles. The van der Waals surface area contributed by atoms with Crippen LogP contribution in [-0.4, -0.2) is 33.0 Å². The Kier molecular flexibility index (Phi) is 3.74. The molecular formula is C9H19NO2S. The van der Waals surface area contributed by atoms with Crippen molar-refractivity contribution >= 4 is 9.84 Å². The third-order valence-corrected chi connectivity index (χ3v) is 4.68. The van der Waals surface area contributed by atoms with Gasteiger partial charge in [-0.25, -0.2) is 8.42 Å². The molecule has 4 heteroatoms. The van der Waals surface area contributed by atoms with E-state index >= 15 is 0 Å². The number of nitrogens with one attached hydrogen (secondary N) is 1. The Balaban J connectivity index is 2.39. The highest BCUT2D eigenvalue weighted by molar-refractivity contribution is 7.91. The topological polar surface area (TPSA) is 46.2 Å². The molecule has 1 rings (SSSR count). The molecule has 1 fully saturated rings. The molecule has 0 amide bonds. The molecule has 0 aromatic rings. The molecule has 1 heterocycles. The van der Waals surface area contributed by atoms with Gasteiger partial charge in [0.15, 0.2) is 9.84 Å². The molecule has 2 unspecified atom stereocenters. The van der Waals surface area contributed by atoms with Crippen LogP contribution >= 0.6 is 0 Å². The number of hydrogen-bond donors (Lipinski definition) is 1. The van der Waals surface area contributed by atoms with Crippen LogP contribution in [0.25, 0.3) is 0 Å². The Bertz CT molecular complexity index is 244. The van der Waals surface area contributed by atoms with Crippen LogP contribution in [-0.2, 0) is 9.84 Å². The zero-order chi connectivity index (χ0) is 9.90. The van der Waals surface area contributed by atoms with Gasteiger partial charge in [0, 0.05) is 6.04 Å². The maximum absolute atomic E-state index is 11.2. The second kappa shape index (κ2) is 4.42. The largest absolute Gasteiger partial charge is 0.317 e. The summed E-state index contributed by atoms with van der Waals surface area (Å²) >= 11 is 0. The minimum Gasteiger partial charge on any atom is -0.317 e. The van der Waals surface area contributed by atoms with Gasteiger partial charge in [-0.3, -0.25) is 0 Å². The molecule has 78 valence electrons. The average Bonchev–Trinajstić information content (AvgIpc) is 2.41. The van der Waals surface area contributed by atoms with Crippen LogP contribution < -0.4 is 5.32 Å². The van der Waals surface area contributed by atoms with Crippen LogP contribution in [0.5, 0.6) is 0 Å². The van der Waals surface area contributed by atoms with Crippen molar-refractivity contribution in [1.82, 2.24) is 5.32 Å². The molecule has 1 saturated heterocycles. The highest BCUT2D eigenvalue weighted by Gasteiger charge is 2.28. The summed E-state index contributed by atoms with van der Waals surface area (Å²) in [6.45, 7) is 2.13. The van der Waals surface area contributed by atoms with Gasteiger partial charge in [-0.05, 0) is 32.2 Å². The van der Waals surface area contributed by atoms with Crippen molar-refractivity contribution in [2.45, 2.75) is 32.2 Å². The molecule has 1 aliphatic rings. The van der Waals surface area contributed by atoms with Gasteiger partial charge in [0.2, 0.25) is 0 Å². The summed E-state index contributed by atoms with van der Waals surface area (Å²) in [4.78, 5) is 0. The molecule has 0 saturated carbocycles. The van der Waals surface area contributed by atoms with E-state index in [0.717, 1.165) is 19.3 Å². The second-order valence-corrected chi connectivity index (χ2v) is 6.13. The first-order valence-corrected chi connectivity index (χ1v) is 6.77. The van der Waals surface area contributed by atoms with Crippen molar-refractivity contribution in [2.24, 2.45) is 5.92 Å². The summed E-state index contributed by atoms with van der Waals surface area (Å²) in [5.74, 6) is 1.20. The van der Waals surface area contributed by atoms with Crippen molar-refractivity contribution in [3.63, 3.8) is 0 Å². The second-order valence-electron chi connectivity index (χ2n) is 3.90. The predicted molar refractivity (Wildman–Crippen MR) is 54.5 cm³/mol. The van der Waals surface area contributed by atoms with Gasteiger partial charge >= 0.3 is 0 Å². The van der Waals surface area contributed by atoms with Crippen LogP contribution in [0.1, 0.15) is 26.2 Å². The minimum atomic E-state index is -2.69. The summed E-state index contributed by atoms with van der Waals surface area (Å²) in [6, 6.07) is 0.485. The van der Waals surface area contributed by atoms with Crippen LogP contribution in [0.4, 0.5) is 0 Å². The van der Waals surface area contributed by atoms with E-state index in [1.807, 2.05) is 7.05 Å². The maximum atomic E-state index is 11.2. The van der Waals surface area contributed by atoms with E-state index in [4.69, 9.17) is 0 Å². The van der Waals surface area contributed by atoms with E-state index in [-0.39, 0.29) is 0 Å². The quantitative estimate of drug-likeness (QED) is 0.739. The Morgan fingerprint density at radius 1 is 1.54 bits per heavy atom. The number of sulfone groups is 1. The summed E-state index contributed by atoms with van der Waals surface area (Å²) in [5.41, 5.74) is 0. The van der Waals surface area contributed by atoms with Gasteiger partial charge in [0.25, 0.3) is 0 Å². The zero-order valence-electron chi connectivity index (χ0n) is 8.41. The molecule has 0 spiro atoms. The lowest BCUT2D eigenvalue weighted by Gasteiger charge is -2.17. The molecule has 1 aliphatic heterocycles. The van der Waals surface area contributed by atoms with Gasteiger partial charge in [-0.2, -0.15) is 0 Å². The van der Waals surface area contributed by atoms with E-state index in [0.29, 0.717) is 23.5 Å². The monoisotopic (exact) mass is 205 g/mol. The summed E-state index contributed by atoms with van der Waals surface area (Å²) in [5, 5.41) is 3.21. The first-order valence-electron chi connectivity index (χ1n) is 4.95. The third kappa shape index (κ3) is 3.27. The Hall–Kier alpha value is -0.0900. The van der Waals surface area contributed by atoms with Crippen molar-refractivity contribution in [1.29, 1.82) is 0 Å². The molecule has 0 radical (unpaired) electrons. The minimum absolute atomic E-state index is 0.391. The smallest absolute Gasteiger partial charge is 0.150 e. The van der Waals surface area contributed by atoms with Crippen LogP contribution in [0.2, 0.25) is 0 Å². The molecule has 0 aliphatic carbocycles. The Morgan fingerprint density at radius 2 is 2.23 bits per heavy atom. The fourth-order valence-electron chi connectivity index (χ4n) is 1.95. The third-order valence-electron chi connectivity index (χ3n) is 2.85. The van der Waals surface area contributed by atoms with Crippen LogP contribution in [0.15, 0.2) is 0 Å². The highest BCUT2D eigenvalue weighted by atomic mass is 32.2. The van der Waals surface area contributed by atoms with E-state index in [1.165, 1.54) is 0 Å². The van der Waals surface area contributed by atoms with E-state index < -0.39 is 9.84 Å². The molecule has 3 nitrogen and oxygen atoms in total. The molecule has 0 aromatic heterocycles. The van der Waals surface area contributed by atoms with Crippen LogP contribution in [0.3, 0.4) is 0 Å². The number of rotatable bonds is 4. The summed E-state index contributed by atoms with van der Waals surface area (Å²) in [7, 11) is -0.743. The molecule has 13 heavy (non-hydrogen) atoms. The Labute approximate surface area is 80.8 Å². The van der Waals surface area contributed by atoms with Crippen molar-refractivity contribution in [3.05, 3.63) is 0 Å². The lowest BCUT2D eigenvalue weighted by Crippen LogP contribution is -2.27. The van der Waals surface area contributed by atoms with E-state index in [2.05, 4.69) is 12.2 Å². The fraction of sp³-hybridized carbons (Fsp3) is 1.00. The first kappa shape index (κ1) is 11.0. The lowest BCUT2D eigenvalue weighted by molar-refractivity contribution is 0.417. The van der Waals surface area contributed by atoms with E-state index in [1.54, 1.807) is 0 Å². The van der Waals surface area contributed by atoms with Crippen molar-refractivity contribution in [3.8, 4) is 0 Å². The zero-order valence-corrected chi connectivity index (χ0v) is 9.23. The van der Waals surface area contributed by atoms with Gasteiger partial charge in [0.1, 0.15) is 0 Å². The standard InChI is InChI=1S/C9H19NO2S/c1-3-9(10-2)6-8-4-5-13(11,12)7-8/h8-10H,3-7H2,1-2H3. The van der Waals surface area contributed by atoms with Gasteiger partial charge in [-0.15, -0.1) is 0 Å². The SMILES string of the molecule is CCC(CC1CCS(=O)(=O)C1)NC. The highest BCUT2D eigenvalue weighted by Crippen LogP contribution is 2.23. The fourth-order valence-corrected chi connectivity index (χ4v) is 3.83. The van der Waals surface area contributed by atoms with Gasteiger partial charge in [0.05, 0.1) is 11.5 Å². The lowest BCUT2D eigenvalue weighted by atomic mass is 9.98. The maximum Gasteiger partial charge on any atom is 0.150 e. The summed E-state index contributed by atoms with van der Waals surface area (Å²) < 4.78 is 22.4.